The molecule has 3 aliphatic heterocycles. The average Bonchev–Trinajstić information content (AvgIpc) is 3.92. The number of piperidine rings is 1. The Balaban J connectivity index is 0.782. The number of hydrogen-bond donors (Lipinski definition) is 4. The minimum absolute atomic E-state index is 0.0248. The number of halogens is 1. The quantitative estimate of drug-likeness (QED) is 0.0561. The number of sulfonamides is 1. The van der Waals surface area contributed by atoms with Gasteiger partial charge in [0.2, 0.25) is 0 Å². The summed E-state index contributed by atoms with van der Waals surface area (Å²) >= 11 is 0. The molecule has 2 aromatic heterocycles. The number of nitro benzene ring substituents is 1. The van der Waals surface area contributed by atoms with Crippen LogP contribution in [0.3, 0.4) is 0 Å². The van der Waals surface area contributed by atoms with Crippen molar-refractivity contribution in [1.29, 1.82) is 0 Å². The van der Waals surface area contributed by atoms with Crippen LogP contribution in [0.1, 0.15) is 137 Å². The van der Waals surface area contributed by atoms with Crippen LogP contribution in [0.4, 0.5) is 21.5 Å². The van der Waals surface area contributed by atoms with Crippen LogP contribution in [0.2, 0.25) is 0 Å². The van der Waals surface area contributed by atoms with Crippen molar-refractivity contribution in [2.45, 2.75) is 133 Å². The Labute approximate surface area is 462 Å². The molecule has 6 aromatic rings. The van der Waals surface area contributed by atoms with E-state index in [0.717, 1.165) is 108 Å². The van der Waals surface area contributed by atoms with E-state index in [-0.39, 0.29) is 50.9 Å². The number of nitrogens with zero attached hydrogens (tertiary/aromatic N) is 5. The monoisotopic (exact) mass is 1100 g/mol. The van der Waals surface area contributed by atoms with E-state index in [2.05, 4.69) is 105 Å². The van der Waals surface area contributed by atoms with Crippen molar-refractivity contribution in [3.63, 3.8) is 0 Å². The molecule has 79 heavy (non-hydrogen) atoms. The number of amides is 1. The number of aliphatic hydroxyl groups is 1. The van der Waals surface area contributed by atoms with Gasteiger partial charge in [-0.15, -0.1) is 0 Å². The van der Waals surface area contributed by atoms with Crippen LogP contribution in [0.15, 0.2) is 102 Å². The number of rotatable bonds is 15. The van der Waals surface area contributed by atoms with Crippen molar-refractivity contribution >= 4 is 44.0 Å². The van der Waals surface area contributed by atoms with Gasteiger partial charge in [0.1, 0.15) is 34.4 Å². The van der Waals surface area contributed by atoms with Gasteiger partial charge in [-0.1, -0.05) is 64.1 Å². The molecule has 5 heterocycles. The molecule has 0 unspecified atom stereocenters. The van der Waals surface area contributed by atoms with Crippen molar-refractivity contribution in [1.82, 2.24) is 24.5 Å². The van der Waals surface area contributed by atoms with Gasteiger partial charge in [0.15, 0.2) is 0 Å². The van der Waals surface area contributed by atoms with E-state index in [1.165, 1.54) is 58.9 Å². The van der Waals surface area contributed by atoms with Gasteiger partial charge < -0.3 is 29.8 Å². The van der Waals surface area contributed by atoms with Gasteiger partial charge in [0, 0.05) is 81.9 Å². The van der Waals surface area contributed by atoms with E-state index >= 15 is 0 Å². The summed E-state index contributed by atoms with van der Waals surface area (Å²) in [5.41, 5.74) is 5.61. The van der Waals surface area contributed by atoms with Crippen molar-refractivity contribution in [2.24, 2.45) is 11.3 Å². The molecule has 1 atom stereocenters. The fourth-order valence-corrected chi connectivity index (χ4v) is 14.1. The van der Waals surface area contributed by atoms with Gasteiger partial charge in [0.05, 0.1) is 39.2 Å². The summed E-state index contributed by atoms with van der Waals surface area (Å²) < 4.78 is 57.2. The van der Waals surface area contributed by atoms with Crippen molar-refractivity contribution < 1.29 is 37.1 Å². The molecule has 0 bridgehead atoms. The number of benzene rings is 4. The Bertz CT molecular complexity index is 3370. The van der Waals surface area contributed by atoms with Crippen LogP contribution in [-0.2, 0) is 22.0 Å². The molecule has 11 rings (SSSR count). The highest BCUT2D eigenvalue weighted by Crippen LogP contribution is 2.54. The molecule has 1 amide bonds. The number of ether oxygens (including phenoxy) is 2. The number of nitrogens with one attached hydrogen (secondary N) is 3. The van der Waals surface area contributed by atoms with Gasteiger partial charge >= 0.3 is 0 Å². The number of fused-ring (bicyclic) bond motifs is 2. The van der Waals surface area contributed by atoms with E-state index in [0.29, 0.717) is 37.0 Å². The fraction of sp³-hybridized carbons (Fsp3) is 0.475. The van der Waals surface area contributed by atoms with Crippen LogP contribution in [0.25, 0.3) is 11.0 Å². The third-order valence-electron chi connectivity index (χ3n) is 18.0. The maximum atomic E-state index is 14.8. The van der Waals surface area contributed by atoms with Gasteiger partial charge in [-0.3, -0.25) is 24.7 Å². The lowest BCUT2D eigenvalue weighted by molar-refractivity contribution is -0.384. The van der Waals surface area contributed by atoms with Crippen LogP contribution in [-0.4, -0.2) is 102 Å². The first kappa shape index (κ1) is 54.4. The Morgan fingerprint density at radius 1 is 0.962 bits per heavy atom. The molecule has 18 heteroatoms. The maximum Gasteiger partial charge on any atom is 0.293 e. The molecule has 4 aromatic carbocycles. The molecule has 2 saturated heterocycles. The topological polar surface area (TPSA) is 195 Å². The maximum absolute atomic E-state index is 14.8. The van der Waals surface area contributed by atoms with Gasteiger partial charge in [-0.2, -0.15) is 0 Å². The molecule has 4 N–H and O–H groups in total. The first-order valence-electron chi connectivity index (χ1n) is 28.1. The summed E-state index contributed by atoms with van der Waals surface area (Å²) in [5, 5.41) is 25.9. The smallest absolute Gasteiger partial charge is 0.293 e. The zero-order valence-electron chi connectivity index (χ0n) is 45.9. The van der Waals surface area contributed by atoms with E-state index in [1.54, 1.807) is 19.1 Å². The van der Waals surface area contributed by atoms with Crippen LogP contribution >= 0.6 is 0 Å². The number of aromatic amines is 1. The number of pyridine rings is 1. The number of H-pyrrole nitrogens is 1. The minimum Gasteiger partial charge on any atom is -0.493 e. The molecular formula is C61H73FN8O8S. The number of aromatic nitrogens is 2. The highest BCUT2D eigenvalue weighted by molar-refractivity contribution is 7.90. The molecule has 5 aliphatic rings. The number of anilines is 2. The lowest BCUT2D eigenvalue weighted by atomic mass is 9.59. The molecule has 16 nitrogen and oxygen atoms in total. The highest BCUT2D eigenvalue weighted by Gasteiger charge is 2.50. The molecule has 1 spiro atoms. The average molecular weight is 1100 g/mol. The molecule has 2 aliphatic carbocycles. The second-order valence-corrected chi connectivity index (χ2v) is 26.0. The Kier molecular flexibility index (Phi) is 14.8. The predicted octanol–water partition coefficient (Wildman–Crippen LogP) is 11.4. The Hall–Kier alpha value is -6.60. The predicted molar refractivity (Wildman–Crippen MR) is 303 cm³/mol. The normalized spacial score (nSPS) is 22.5. The van der Waals surface area contributed by atoms with Crippen molar-refractivity contribution in [3.8, 4) is 17.2 Å². The van der Waals surface area contributed by atoms with Crippen LogP contribution in [0, 0.1) is 27.3 Å². The van der Waals surface area contributed by atoms with Gasteiger partial charge in [-0.05, 0) is 146 Å². The lowest BCUT2D eigenvalue weighted by Crippen LogP contribution is -2.60. The van der Waals surface area contributed by atoms with E-state index in [1.807, 2.05) is 0 Å². The molecule has 0 radical (unpaired) electrons. The zero-order chi connectivity index (χ0) is 55.4. The van der Waals surface area contributed by atoms with E-state index in [9.17, 15) is 32.8 Å². The highest BCUT2D eigenvalue weighted by atomic mass is 32.2. The summed E-state index contributed by atoms with van der Waals surface area (Å²) in [6, 6.07) is 26.5. The zero-order valence-corrected chi connectivity index (χ0v) is 46.7. The number of piperazine rings is 1. The Morgan fingerprint density at radius 2 is 1.73 bits per heavy atom. The third kappa shape index (κ3) is 11.4. The summed E-state index contributed by atoms with van der Waals surface area (Å²) in [6.07, 6.45) is 10.5. The standard InChI is InChI=1S/C61H73FN8O8S/c1-39(2)46-8-6-7-9-47(46)54-38-67(37-41-10-14-50-56(28-41)77-27-22-59(50,3)4)25-26-69(54)43-32-61(33-43)20-23-68(24-21-61)42-11-13-48(55(29-42)78-44-30-49-51(62)36-65-57(49)64-35-44)58(71)66-79(75,76)45-12-15-52(53(31-45)70(73)74)63-34-40-16-18-60(5,72)19-17-40/h6-15,28-31,35-36,39-40,43,54,63,72H,16-27,32-34,37-38H2,1-5H3,(H,64,65)(H,66,71)/t40?,54-,60?/m0/s1. The summed E-state index contributed by atoms with van der Waals surface area (Å²) in [6.45, 7) is 17.5. The largest absolute Gasteiger partial charge is 0.493 e. The van der Waals surface area contributed by atoms with E-state index < -0.39 is 42.9 Å². The second-order valence-electron chi connectivity index (χ2n) is 24.3. The van der Waals surface area contributed by atoms with Crippen LogP contribution < -0.4 is 24.4 Å². The first-order chi connectivity index (χ1) is 37.7. The Morgan fingerprint density at radius 3 is 2.49 bits per heavy atom. The molecule has 2 saturated carbocycles. The SMILES string of the molecule is CC(C)c1ccccc1[C@@H]1CN(Cc2ccc3c(c2)OCCC3(C)C)CCN1C1CC2(CCN(c3ccc(C(=O)NS(=O)(=O)c4ccc(NCC5CCC(C)(O)CC5)c([N+](=O)[O-])c4)c(Oc4cnc5[nH]cc(F)c5c4)c3)CC2)C1. The molecule has 418 valence electrons. The van der Waals surface area contributed by atoms with Crippen molar-refractivity contribution in [2.75, 3.05) is 56.1 Å². The molecule has 4 fully saturated rings. The summed E-state index contributed by atoms with van der Waals surface area (Å²) in [4.78, 5) is 40.0. The van der Waals surface area contributed by atoms with Gasteiger partial charge in [-0.25, -0.2) is 22.5 Å². The summed E-state index contributed by atoms with van der Waals surface area (Å²) in [5.74, 6) is 0.192. The fourth-order valence-electron chi connectivity index (χ4n) is 13.1. The number of carbonyl (C=O) groups excluding carboxylic acids is 1. The first-order valence-corrected chi connectivity index (χ1v) is 29.5. The van der Waals surface area contributed by atoms with Gasteiger partial charge in [0.25, 0.3) is 21.6 Å². The summed E-state index contributed by atoms with van der Waals surface area (Å²) in [7, 11) is -4.65. The minimum atomic E-state index is -4.65. The number of hydrogen-bond acceptors (Lipinski definition) is 13. The lowest BCUT2D eigenvalue weighted by Gasteiger charge is -2.58. The van der Waals surface area contributed by atoms with Crippen LogP contribution in [0.5, 0.6) is 17.2 Å². The van der Waals surface area contributed by atoms with Crippen molar-refractivity contribution in [3.05, 3.63) is 141 Å². The molecular weight excluding hydrogens is 1020 g/mol. The number of carbonyl (C=O) groups is 1. The third-order valence-corrected chi connectivity index (χ3v) is 19.3. The number of nitro groups is 1. The second kappa shape index (κ2) is 21.5. The van der Waals surface area contributed by atoms with E-state index in [4.69, 9.17) is 9.47 Å².